The van der Waals surface area contributed by atoms with Gasteiger partial charge in [-0.1, -0.05) is 0 Å². The minimum absolute atomic E-state index is 0.0117. The molecule has 0 amide bonds. The van der Waals surface area contributed by atoms with E-state index in [9.17, 15) is 4.79 Å². The maximum Gasteiger partial charge on any atom is 0.197 e. The van der Waals surface area contributed by atoms with Crippen LogP contribution in [0.1, 0.15) is 6.92 Å². The van der Waals surface area contributed by atoms with Gasteiger partial charge in [-0.05, 0) is 12.5 Å². The van der Waals surface area contributed by atoms with Crippen molar-refractivity contribution in [1.82, 2.24) is 15.3 Å². The highest BCUT2D eigenvalue weighted by Crippen LogP contribution is 2.04. The van der Waals surface area contributed by atoms with Crippen molar-refractivity contribution in [2.75, 3.05) is 0 Å². The molecule has 0 atom stereocenters. The van der Waals surface area contributed by atoms with Crippen molar-refractivity contribution in [2.24, 2.45) is 5.11 Å². The number of hydrogen-bond acceptors (Lipinski definition) is 3. The molecule has 11 heavy (non-hydrogen) atoms. The van der Waals surface area contributed by atoms with Crippen molar-refractivity contribution in [3.63, 3.8) is 0 Å². The summed E-state index contributed by atoms with van der Waals surface area (Å²) >= 11 is 0. The number of nitrogens with zero attached hydrogens (tertiary/aromatic N) is 4. The van der Waals surface area contributed by atoms with Crippen LogP contribution in [0.15, 0.2) is 17.4 Å². The molecule has 1 rings (SSSR count). The zero-order valence-corrected chi connectivity index (χ0v) is 6.06. The Hall–Kier alpha value is -1.52. The molecular formula is C6H7N4O. The molecule has 0 aliphatic rings. The van der Waals surface area contributed by atoms with Crippen molar-refractivity contribution in [3.8, 4) is 0 Å². The molecule has 0 unspecified atom stereocenters. The van der Waals surface area contributed by atoms with E-state index in [1.165, 1.54) is 17.7 Å². The molecule has 1 aromatic heterocycles. The second-order valence-corrected chi connectivity index (χ2v) is 2.17. The molecule has 0 bridgehead atoms. The Kier molecular flexibility index (Phi) is 2.10. The van der Waals surface area contributed by atoms with E-state index in [2.05, 4.69) is 10.2 Å². The molecule has 0 fully saturated rings. The molecule has 5 nitrogen and oxygen atoms in total. The van der Waals surface area contributed by atoms with Crippen molar-refractivity contribution >= 4 is 11.6 Å². The van der Waals surface area contributed by atoms with Crippen LogP contribution in [0.4, 0.5) is 5.82 Å². The molecule has 0 aromatic carbocycles. The molecule has 0 aliphatic carbocycles. The molecule has 5 heteroatoms. The lowest BCUT2D eigenvalue weighted by atomic mass is 10.4. The molecule has 0 saturated carbocycles. The SMILES string of the molecule is CC(=O)Cn1ccc(N=[N])n1. The summed E-state index contributed by atoms with van der Waals surface area (Å²) in [6, 6.07) is 1.52. The van der Waals surface area contributed by atoms with Crippen LogP contribution in [0, 0.1) is 0 Å². The van der Waals surface area contributed by atoms with Gasteiger partial charge in [0.2, 0.25) is 0 Å². The van der Waals surface area contributed by atoms with Gasteiger partial charge in [-0.3, -0.25) is 9.48 Å². The molecular weight excluding hydrogens is 144 g/mol. The lowest BCUT2D eigenvalue weighted by Crippen LogP contribution is -2.05. The molecule has 57 valence electrons. The van der Waals surface area contributed by atoms with Crippen molar-refractivity contribution in [2.45, 2.75) is 13.5 Å². The van der Waals surface area contributed by atoms with Crippen LogP contribution in [-0.2, 0) is 11.3 Å². The zero-order valence-electron chi connectivity index (χ0n) is 6.06. The lowest BCUT2D eigenvalue weighted by Gasteiger charge is -1.93. The Morgan fingerprint density at radius 1 is 1.91 bits per heavy atom. The van der Waals surface area contributed by atoms with Crippen molar-refractivity contribution in [3.05, 3.63) is 12.3 Å². The van der Waals surface area contributed by atoms with Gasteiger partial charge in [-0.15, -0.1) is 5.11 Å². The minimum atomic E-state index is 0.0117. The highest BCUT2D eigenvalue weighted by atomic mass is 16.1. The van der Waals surface area contributed by atoms with E-state index >= 15 is 0 Å². The second kappa shape index (κ2) is 3.05. The number of carbonyl (C=O) groups is 1. The number of ketones is 1. The fourth-order valence-electron chi connectivity index (χ4n) is 0.720. The smallest absolute Gasteiger partial charge is 0.197 e. The third kappa shape index (κ3) is 1.96. The Morgan fingerprint density at radius 3 is 3.09 bits per heavy atom. The average Bonchev–Trinajstić information content (AvgIpc) is 2.34. The monoisotopic (exact) mass is 151 g/mol. The number of Topliss-reactive ketones (excluding diaryl/α,β-unsaturated/α-hetero) is 1. The molecule has 0 spiro atoms. The van der Waals surface area contributed by atoms with Crippen LogP contribution in [-0.4, -0.2) is 15.6 Å². The summed E-state index contributed by atoms with van der Waals surface area (Å²) in [6.07, 6.45) is 1.58. The van der Waals surface area contributed by atoms with Crippen LogP contribution in [0.3, 0.4) is 0 Å². The largest absolute Gasteiger partial charge is 0.298 e. The number of rotatable bonds is 3. The summed E-state index contributed by atoms with van der Waals surface area (Å²) in [5.41, 5.74) is 8.25. The first kappa shape index (κ1) is 7.59. The highest BCUT2D eigenvalue weighted by Gasteiger charge is 1.98. The van der Waals surface area contributed by atoms with Crippen LogP contribution in [0.2, 0.25) is 0 Å². The topological polar surface area (TPSA) is 69.5 Å². The predicted octanol–water partition coefficient (Wildman–Crippen LogP) is 0.356. The zero-order chi connectivity index (χ0) is 8.27. The molecule has 0 N–H and O–H groups in total. The van der Waals surface area contributed by atoms with Crippen LogP contribution in [0.5, 0.6) is 0 Å². The minimum Gasteiger partial charge on any atom is -0.298 e. The quantitative estimate of drug-likeness (QED) is 0.585. The Balaban J connectivity index is 2.72. The first-order chi connectivity index (χ1) is 5.22. The van der Waals surface area contributed by atoms with Gasteiger partial charge < -0.3 is 0 Å². The van der Waals surface area contributed by atoms with Gasteiger partial charge in [-0.2, -0.15) is 5.10 Å². The summed E-state index contributed by atoms with van der Waals surface area (Å²) < 4.78 is 1.41. The first-order valence-corrected chi connectivity index (χ1v) is 3.10. The van der Waals surface area contributed by atoms with E-state index in [1.807, 2.05) is 0 Å². The second-order valence-electron chi connectivity index (χ2n) is 2.17. The van der Waals surface area contributed by atoms with E-state index in [1.54, 1.807) is 6.20 Å². The van der Waals surface area contributed by atoms with E-state index in [0.29, 0.717) is 0 Å². The van der Waals surface area contributed by atoms with E-state index < -0.39 is 0 Å². The van der Waals surface area contributed by atoms with Gasteiger partial charge >= 0.3 is 0 Å². The fourth-order valence-corrected chi connectivity index (χ4v) is 0.720. The molecule has 1 heterocycles. The van der Waals surface area contributed by atoms with E-state index in [4.69, 9.17) is 5.53 Å². The average molecular weight is 151 g/mol. The molecule has 0 aliphatic heterocycles. The van der Waals surface area contributed by atoms with Crippen molar-refractivity contribution in [1.29, 1.82) is 0 Å². The van der Waals surface area contributed by atoms with Crippen LogP contribution in [0.25, 0.3) is 0 Å². The summed E-state index contributed by atoms with van der Waals surface area (Å²) in [6.45, 7) is 1.69. The van der Waals surface area contributed by atoms with Crippen LogP contribution < -0.4 is 5.53 Å². The maximum atomic E-state index is 10.6. The summed E-state index contributed by atoms with van der Waals surface area (Å²) in [5.74, 6) is 0.226. The third-order valence-electron chi connectivity index (χ3n) is 1.11. The summed E-state index contributed by atoms with van der Waals surface area (Å²) in [5, 5.41) is 6.60. The lowest BCUT2D eigenvalue weighted by molar-refractivity contribution is -0.117. The van der Waals surface area contributed by atoms with E-state index in [-0.39, 0.29) is 18.1 Å². The third-order valence-corrected chi connectivity index (χ3v) is 1.11. The van der Waals surface area contributed by atoms with E-state index in [0.717, 1.165) is 0 Å². The highest BCUT2D eigenvalue weighted by molar-refractivity contribution is 5.75. The number of carbonyl (C=O) groups excluding carboxylic acids is 1. The van der Waals surface area contributed by atoms with Gasteiger partial charge in [0.1, 0.15) is 0 Å². The Bertz CT molecular complexity index is 278. The number of hydrogen-bond donors (Lipinski definition) is 0. The Morgan fingerprint density at radius 2 is 2.64 bits per heavy atom. The Labute approximate surface area is 63.5 Å². The van der Waals surface area contributed by atoms with Crippen molar-refractivity contribution < 1.29 is 4.79 Å². The maximum absolute atomic E-state index is 10.6. The normalized spacial score (nSPS) is 9.55. The summed E-state index contributed by atoms with van der Waals surface area (Å²) in [7, 11) is 0. The summed E-state index contributed by atoms with van der Waals surface area (Å²) in [4.78, 5) is 10.6. The molecule has 0 saturated heterocycles. The standard InChI is InChI=1S/C6H7N4O/c1-5(11)4-10-3-2-6(8-7)9-10/h2-3H,4H2,1H3. The van der Waals surface area contributed by atoms with Gasteiger partial charge in [0.05, 0.1) is 6.54 Å². The van der Waals surface area contributed by atoms with Gasteiger partial charge in [0, 0.05) is 12.3 Å². The van der Waals surface area contributed by atoms with Gasteiger partial charge in [0.25, 0.3) is 0 Å². The van der Waals surface area contributed by atoms with Gasteiger partial charge in [-0.25, -0.2) is 0 Å². The predicted molar refractivity (Wildman–Crippen MR) is 37.1 cm³/mol. The van der Waals surface area contributed by atoms with Gasteiger partial charge in [0.15, 0.2) is 11.6 Å². The molecule has 1 aromatic rings. The fraction of sp³-hybridized carbons (Fsp3) is 0.333. The van der Waals surface area contributed by atoms with Crippen LogP contribution >= 0.6 is 0 Å². The molecule has 1 radical (unpaired) electrons. The first-order valence-electron chi connectivity index (χ1n) is 3.10. The number of aromatic nitrogens is 2.